The first-order valence-corrected chi connectivity index (χ1v) is 12.9. The maximum Gasteiger partial charge on any atom is 0.322 e. The molecule has 0 aliphatic carbocycles. The summed E-state index contributed by atoms with van der Waals surface area (Å²) in [5.74, 6) is -0.0423. The maximum atomic E-state index is 13.6. The molecule has 3 aromatic rings. The van der Waals surface area contributed by atoms with Crippen molar-refractivity contribution in [2.75, 3.05) is 31.2 Å². The predicted octanol–water partition coefficient (Wildman–Crippen LogP) is 5.39. The fraction of sp³-hybridized carbons (Fsp3) is 0.333. The number of aromatic nitrogens is 1. The number of hydrogen-bond acceptors (Lipinski definition) is 3. The van der Waals surface area contributed by atoms with E-state index in [4.69, 9.17) is 0 Å². The fourth-order valence-electron chi connectivity index (χ4n) is 4.40. The Kier molecular flexibility index (Phi) is 7.63. The molecule has 1 N–H and O–H groups in total. The lowest BCUT2D eigenvalue weighted by Gasteiger charge is -2.38. The molecule has 6 nitrogen and oxygen atoms in total. The Morgan fingerprint density at radius 1 is 1.06 bits per heavy atom. The number of nitrogens with zero attached hydrogens (tertiary/aromatic N) is 3. The standard InChI is InChI=1S/C27H32N4O2S/c1-4-15-30(27(33)28-22-11-13-23(34-3)14-12-22)19-25(32)31-18-17-29-16-5-6-24(29)26(31)21-9-7-20(2)8-10-21/h5-14,16,26H,4,15,17-19H2,1-3H3,(H,28,33)/t26-/m0/s1. The van der Waals surface area contributed by atoms with Crippen LogP contribution in [0.3, 0.4) is 0 Å². The highest BCUT2D eigenvalue weighted by Crippen LogP contribution is 2.32. The molecule has 4 rings (SSSR count). The lowest BCUT2D eigenvalue weighted by molar-refractivity contribution is -0.134. The first kappa shape index (κ1) is 24.0. The smallest absolute Gasteiger partial charge is 0.322 e. The number of amides is 3. The molecule has 2 aromatic carbocycles. The second-order valence-corrected chi connectivity index (χ2v) is 9.49. The SMILES string of the molecule is CCCN(CC(=O)N1CCn2cccc2[C@@H]1c1ccc(C)cc1)C(=O)Nc1ccc(SC)cc1. The van der Waals surface area contributed by atoms with Gasteiger partial charge in [0.25, 0.3) is 0 Å². The van der Waals surface area contributed by atoms with Crippen molar-refractivity contribution in [1.82, 2.24) is 14.4 Å². The fourth-order valence-corrected chi connectivity index (χ4v) is 4.81. The number of urea groups is 1. The zero-order chi connectivity index (χ0) is 24.1. The zero-order valence-corrected chi connectivity index (χ0v) is 20.8. The summed E-state index contributed by atoms with van der Waals surface area (Å²) in [6.45, 7) is 5.99. The number of hydrogen-bond donors (Lipinski definition) is 1. The van der Waals surface area contributed by atoms with Crippen molar-refractivity contribution in [3.8, 4) is 0 Å². The molecular weight excluding hydrogens is 444 g/mol. The van der Waals surface area contributed by atoms with Crippen LogP contribution in [0, 0.1) is 6.92 Å². The number of rotatable bonds is 7. The molecule has 1 aliphatic heterocycles. The monoisotopic (exact) mass is 476 g/mol. The number of anilines is 1. The van der Waals surface area contributed by atoms with E-state index in [1.807, 2.05) is 48.4 Å². The van der Waals surface area contributed by atoms with Gasteiger partial charge in [0.05, 0.1) is 6.04 Å². The number of fused-ring (bicyclic) bond motifs is 1. The van der Waals surface area contributed by atoms with Gasteiger partial charge in [-0.15, -0.1) is 11.8 Å². The van der Waals surface area contributed by atoms with Crippen LogP contribution < -0.4 is 5.32 Å². The van der Waals surface area contributed by atoms with E-state index >= 15 is 0 Å². The van der Waals surface area contributed by atoms with Crippen LogP contribution in [-0.4, -0.2) is 52.2 Å². The molecule has 2 heterocycles. The molecule has 178 valence electrons. The van der Waals surface area contributed by atoms with Crippen LogP contribution in [-0.2, 0) is 11.3 Å². The van der Waals surface area contributed by atoms with Crippen molar-refractivity contribution in [1.29, 1.82) is 0 Å². The minimum atomic E-state index is -0.251. The van der Waals surface area contributed by atoms with Crippen molar-refractivity contribution in [3.63, 3.8) is 0 Å². The number of nitrogens with one attached hydrogen (secondary N) is 1. The summed E-state index contributed by atoms with van der Waals surface area (Å²) < 4.78 is 2.21. The van der Waals surface area contributed by atoms with Crippen LogP contribution in [0.2, 0.25) is 0 Å². The highest BCUT2D eigenvalue weighted by Gasteiger charge is 2.33. The van der Waals surface area contributed by atoms with Gasteiger partial charge >= 0.3 is 6.03 Å². The zero-order valence-electron chi connectivity index (χ0n) is 20.0. The highest BCUT2D eigenvalue weighted by atomic mass is 32.2. The molecule has 0 bridgehead atoms. The number of carbonyl (C=O) groups is 2. The third-order valence-corrected chi connectivity index (χ3v) is 6.94. The summed E-state index contributed by atoms with van der Waals surface area (Å²) in [4.78, 5) is 31.3. The Labute approximate surface area is 205 Å². The van der Waals surface area contributed by atoms with Gasteiger partial charge in [-0.2, -0.15) is 0 Å². The lowest BCUT2D eigenvalue weighted by Crippen LogP contribution is -2.48. The summed E-state index contributed by atoms with van der Waals surface area (Å²) in [6, 6.07) is 19.8. The molecule has 0 fully saturated rings. The topological polar surface area (TPSA) is 57.6 Å². The van der Waals surface area contributed by atoms with Gasteiger partial charge in [0, 0.05) is 42.1 Å². The summed E-state index contributed by atoms with van der Waals surface area (Å²) in [5, 5.41) is 2.95. The first-order valence-electron chi connectivity index (χ1n) is 11.7. The van der Waals surface area contributed by atoms with E-state index in [1.54, 1.807) is 16.7 Å². The first-order chi connectivity index (χ1) is 16.5. The number of carbonyl (C=O) groups excluding carboxylic acids is 2. The second-order valence-electron chi connectivity index (χ2n) is 8.61. The molecule has 0 saturated heterocycles. The normalized spacial score (nSPS) is 15.0. The van der Waals surface area contributed by atoms with E-state index in [2.05, 4.69) is 53.3 Å². The van der Waals surface area contributed by atoms with Crippen LogP contribution in [0.25, 0.3) is 0 Å². The molecule has 0 unspecified atom stereocenters. The number of thioether (sulfide) groups is 1. The average Bonchev–Trinajstić information content (AvgIpc) is 3.33. The van der Waals surface area contributed by atoms with Gasteiger partial charge in [-0.3, -0.25) is 4.79 Å². The van der Waals surface area contributed by atoms with E-state index < -0.39 is 0 Å². The van der Waals surface area contributed by atoms with E-state index in [0.717, 1.165) is 34.8 Å². The molecule has 1 aromatic heterocycles. The van der Waals surface area contributed by atoms with Gasteiger partial charge in [0.15, 0.2) is 0 Å². The Hall–Kier alpha value is -3.19. The molecule has 1 atom stereocenters. The van der Waals surface area contributed by atoms with Crippen molar-refractivity contribution in [2.45, 2.75) is 37.8 Å². The molecule has 0 radical (unpaired) electrons. The Morgan fingerprint density at radius 3 is 2.47 bits per heavy atom. The maximum absolute atomic E-state index is 13.6. The summed E-state index contributed by atoms with van der Waals surface area (Å²) in [6.07, 6.45) is 4.86. The molecule has 0 spiro atoms. The van der Waals surface area contributed by atoms with Crippen molar-refractivity contribution >= 4 is 29.4 Å². The van der Waals surface area contributed by atoms with Gasteiger partial charge in [-0.05, 0) is 61.6 Å². The van der Waals surface area contributed by atoms with Crippen molar-refractivity contribution in [2.24, 2.45) is 0 Å². The quantitative estimate of drug-likeness (QED) is 0.465. The van der Waals surface area contributed by atoms with E-state index in [9.17, 15) is 9.59 Å². The second kappa shape index (κ2) is 10.8. The van der Waals surface area contributed by atoms with Gasteiger partial charge in [0.2, 0.25) is 5.91 Å². The van der Waals surface area contributed by atoms with Crippen molar-refractivity contribution < 1.29 is 9.59 Å². The Balaban J connectivity index is 1.52. The van der Waals surface area contributed by atoms with Gasteiger partial charge in [-0.25, -0.2) is 4.79 Å². The van der Waals surface area contributed by atoms with Gasteiger partial charge < -0.3 is 19.7 Å². The van der Waals surface area contributed by atoms with Crippen LogP contribution in [0.4, 0.5) is 10.5 Å². The number of aryl methyl sites for hydroxylation is 1. The summed E-state index contributed by atoms with van der Waals surface area (Å²) in [7, 11) is 0. The Bertz CT molecular complexity index is 1120. The molecule has 34 heavy (non-hydrogen) atoms. The van der Waals surface area contributed by atoms with Gasteiger partial charge in [0.1, 0.15) is 6.54 Å². The highest BCUT2D eigenvalue weighted by molar-refractivity contribution is 7.98. The average molecular weight is 477 g/mol. The molecule has 1 aliphatic rings. The molecule has 0 saturated carbocycles. The third-order valence-electron chi connectivity index (χ3n) is 6.20. The Morgan fingerprint density at radius 2 is 1.79 bits per heavy atom. The summed E-state index contributed by atoms with van der Waals surface area (Å²) >= 11 is 1.65. The molecule has 7 heteroatoms. The van der Waals surface area contributed by atoms with E-state index in [-0.39, 0.29) is 24.5 Å². The van der Waals surface area contributed by atoms with Crippen LogP contribution >= 0.6 is 11.8 Å². The third kappa shape index (κ3) is 5.30. The van der Waals surface area contributed by atoms with E-state index in [0.29, 0.717) is 13.1 Å². The molecular formula is C27H32N4O2S. The van der Waals surface area contributed by atoms with Crippen LogP contribution in [0.1, 0.15) is 36.2 Å². The summed E-state index contributed by atoms with van der Waals surface area (Å²) in [5.41, 5.74) is 4.09. The lowest BCUT2D eigenvalue weighted by atomic mass is 9.98. The largest absolute Gasteiger partial charge is 0.348 e. The van der Waals surface area contributed by atoms with Gasteiger partial charge in [-0.1, -0.05) is 36.8 Å². The minimum absolute atomic E-state index is 0.0423. The predicted molar refractivity (Wildman–Crippen MR) is 138 cm³/mol. The van der Waals surface area contributed by atoms with Crippen molar-refractivity contribution in [3.05, 3.63) is 83.7 Å². The minimum Gasteiger partial charge on any atom is -0.348 e. The van der Waals surface area contributed by atoms with Crippen LogP contribution in [0.15, 0.2) is 71.8 Å². The number of benzene rings is 2. The van der Waals surface area contributed by atoms with E-state index in [1.165, 1.54) is 5.56 Å². The molecule has 3 amide bonds. The van der Waals surface area contributed by atoms with Crippen LogP contribution in [0.5, 0.6) is 0 Å².